The number of carbonyl (C=O) groups excluding carboxylic acids is 1. The first-order chi connectivity index (χ1) is 9.34. The average Bonchev–Trinajstić information content (AvgIpc) is 2.58. The first-order valence-corrected chi connectivity index (χ1v) is 5.92. The molecule has 0 aromatic carbocycles. The van der Waals surface area contributed by atoms with Crippen molar-refractivity contribution in [2.75, 3.05) is 27.1 Å². The number of carbonyl (C=O) groups is 1. The van der Waals surface area contributed by atoms with Gasteiger partial charge in [-0.25, -0.2) is 13.6 Å². The van der Waals surface area contributed by atoms with Crippen LogP contribution < -0.4 is 0 Å². The molecule has 0 N–H and O–H groups in total. The number of ether oxygens (including phenoxy) is 4. The SMILES string of the molecule is CC[C@H]1OC(=O)C(F)(F)[C@]1(OCOCCOC)C(F)F. The summed E-state index contributed by atoms with van der Waals surface area (Å²) in [6.07, 6.45) is -5.58. The Hall–Kier alpha value is -0.930. The zero-order valence-corrected chi connectivity index (χ0v) is 11.0. The summed E-state index contributed by atoms with van der Waals surface area (Å²) in [5.74, 6) is -6.45. The lowest BCUT2D eigenvalue weighted by Crippen LogP contribution is -2.60. The molecule has 1 fully saturated rings. The maximum Gasteiger partial charge on any atom is 0.381 e. The summed E-state index contributed by atoms with van der Waals surface area (Å²) >= 11 is 0. The number of halogens is 4. The Morgan fingerprint density at radius 3 is 2.50 bits per heavy atom. The third kappa shape index (κ3) is 2.75. The largest absolute Gasteiger partial charge is 0.454 e. The Morgan fingerprint density at radius 1 is 1.35 bits per heavy atom. The van der Waals surface area contributed by atoms with Gasteiger partial charge in [-0.3, -0.25) is 0 Å². The van der Waals surface area contributed by atoms with Crippen LogP contribution in [0.2, 0.25) is 0 Å². The van der Waals surface area contributed by atoms with Crippen molar-refractivity contribution in [3.8, 4) is 0 Å². The van der Waals surface area contributed by atoms with E-state index in [0.717, 1.165) is 0 Å². The molecule has 0 unspecified atom stereocenters. The van der Waals surface area contributed by atoms with Gasteiger partial charge in [0, 0.05) is 7.11 Å². The Labute approximate surface area is 113 Å². The molecule has 0 spiro atoms. The molecule has 1 rings (SSSR count). The van der Waals surface area contributed by atoms with E-state index in [1.165, 1.54) is 14.0 Å². The predicted molar refractivity (Wildman–Crippen MR) is 57.6 cm³/mol. The van der Waals surface area contributed by atoms with Crippen molar-refractivity contribution < 1.29 is 41.3 Å². The number of alkyl halides is 4. The van der Waals surface area contributed by atoms with E-state index in [1.54, 1.807) is 0 Å². The first-order valence-electron chi connectivity index (χ1n) is 5.92. The lowest BCUT2D eigenvalue weighted by Gasteiger charge is -2.34. The summed E-state index contributed by atoms with van der Waals surface area (Å²) in [5, 5.41) is 0. The van der Waals surface area contributed by atoms with Gasteiger partial charge in [-0.1, -0.05) is 6.92 Å². The second-order valence-electron chi connectivity index (χ2n) is 4.13. The third-order valence-corrected chi connectivity index (χ3v) is 2.98. The highest BCUT2D eigenvalue weighted by molar-refractivity contribution is 5.82. The summed E-state index contributed by atoms with van der Waals surface area (Å²) in [6.45, 7) is 0.642. The predicted octanol–water partition coefficient (Wildman–Crippen LogP) is 1.60. The summed E-state index contributed by atoms with van der Waals surface area (Å²) < 4.78 is 72.1. The van der Waals surface area contributed by atoms with Crippen LogP contribution in [0.25, 0.3) is 0 Å². The topological polar surface area (TPSA) is 54.0 Å². The summed E-state index contributed by atoms with van der Waals surface area (Å²) in [5.41, 5.74) is -3.33. The van der Waals surface area contributed by atoms with Crippen LogP contribution in [-0.4, -0.2) is 57.1 Å². The third-order valence-electron chi connectivity index (χ3n) is 2.98. The Bertz CT molecular complexity index is 339. The van der Waals surface area contributed by atoms with Crippen molar-refractivity contribution in [2.24, 2.45) is 0 Å². The molecule has 0 radical (unpaired) electrons. The van der Waals surface area contributed by atoms with Crippen LogP contribution in [0.15, 0.2) is 0 Å². The van der Waals surface area contributed by atoms with E-state index < -0.39 is 36.8 Å². The minimum absolute atomic E-state index is 0.0208. The second-order valence-corrected chi connectivity index (χ2v) is 4.13. The van der Waals surface area contributed by atoms with Crippen molar-refractivity contribution in [3.63, 3.8) is 0 Å². The van der Waals surface area contributed by atoms with Crippen molar-refractivity contribution in [1.29, 1.82) is 0 Å². The zero-order chi connectivity index (χ0) is 15.4. The highest BCUT2D eigenvalue weighted by Crippen LogP contribution is 2.48. The smallest absolute Gasteiger partial charge is 0.381 e. The van der Waals surface area contributed by atoms with Gasteiger partial charge in [0.15, 0.2) is 0 Å². The molecule has 1 aliphatic rings. The highest BCUT2D eigenvalue weighted by Gasteiger charge is 2.76. The van der Waals surface area contributed by atoms with Crippen LogP contribution >= 0.6 is 0 Å². The van der Waals surface area contributed by atoms with Gasteiger partial charge in [0.25, 0.3) is 6.43 Å². The van der Waals surface area contributed by atoms with E-state index in [1.807, 2.05) is 0 Å². The van der Waals surface area contributed by atoms with E-state index in [9.17, 15) is 22.4 Å². The minimum atomic E-state index is -4.44. The first kappa shape index (κ1) is 17.1. The van der Waals surface area contributed by atoms with Gasteiger partial charge in [-0.15, -0.1) is 0 Å². The van der Waals surface area contributed by atoms with Crippen molar-refractivity contribution >= 4 is 5.97 Å². The fraction of sp³-hybridized carbons (Fsp3) is 0.909. The van der Waals surface area contributed by atoms with E-state index >= 15 is 0 Å². The van der Waals surface area contributed by atoms with E-state index in [4.69, 9.17) is 4.74 Å². The summed E-state index contributed by atoms with van der Waals surface area (Å²) in [6, 6.07) is 0. The lowest BCUT2D eigenvalue weighted by atomic mass is 9.90. The van der Waals surface area contributed by atoms with Crippen molar-refractivity contribution in [3.05, 3.63) is 0 Å². The van der Waals surface area contributed by atoms with Crippen molar-refractivity contribution in [2.45, 2.75) is 37.4 Å². The highest BCUT2D eigenvalue weighted by atomic mass is 19.3. The van der Waals surface area contributed by atoms with Gasteiger partial charge in [-0.05, 0) is 6.42 Å². The molecule has 1 heterocycles. The number of hydrogen-bond donors (Lipinski definition) is 0. The number of esters is 1. The van der Waals surface area contributed by atoms with Crippen LogP contribution in [-0.2, 0) is 23.7 Å². The Balaban J connectivity index is 2.85. The Kier molecular flexibility index (Phi) is 5.72. The monoisotopic (exact) mass is 304 g/mol. The molecule has 118 valence electrons. The fourth-order valence-electron chi connectivity index (χ4n) is 1.90. The maximum atomic E-state index is 13.8. The average molecular weight is 304 g/mol. The molecule has 0 amide bonds. The normalized spacial score (nSPS) is 28.9. The molecule has 0 aromatic rings. The molecule has 5 nitrogen and oxygen atoms in total. The summed E-state index contributed by atoms with van der Waals surface area (Å²) in [4.78, 5) is 11.1. The zero-order valence-electron chi connectivity index (χ0n) is 11.0. The van der Waals surface area contributed by atoms with Crippen molar-refractivity contribution in [1.82, 2.24) is 0 Å². The molecule has 0 bridgehead atoms. The van der Waals surface area contributed by atoms with Gasteiger partial charge in [-0.2, -0.15) is 8.78 Å². The molecule has 0 aromatic heterocycles. The molecule has 20 heavy (non-hydrogen) atoms. The van der Waals surface area contributed by atoms with Gasteiger partial charge in [0.2, 0.25) is 5.60 Å². The summed E-state index contributed by atoms with van der Waals surface area (Å²) in [7, 11) is 1.38. The van der Waals surface area contributed by atoms with E-state index in [0.29, 0.717) is 0 Å². The molecule has 0 aliphatic carbocycles. The molecule has 2 atom stereocenters. The number of rotatable bonds is 8. The van der Waals surface area contributed by atoms with Crippen LogP contribution in [0.3, 0.4) is 0 Å². The van der Waals surface area contributed by atoms with Crippen LogP contribution in [0.4, 0.5) is 17.6 Å². The van der Waals surface area contributed by atoms with Gasteiger partial charge >= 0.3 is 11.9 Å². The number of methoxy groups -OCH3 is 1. The van der Waals surface area contributed by atoms with Crippen LogP contribution in [0, 0.1) is 0 Å². The van der Waals surface area contributed by atoms with Crippen LogP contribution in [0.5, 0.6) is 0 Å². The molecular formula is C11H16F4O5. The van der Waals surface area contributed by atoms with Gasteiger partial charge in [0.05, 0.1) is 13.2 Å². The van der Waals surface area contributed by atoms with Crippen LogP contribution in [0.1, 0.15) is 13.3 Å². The Morgan fingerprint density at radius 2 is 2.00 bits per heavy atom. The quantitative estimate of drug-likeness (QED) is 0.295. The standard InChI is InChI=1S/C11H16F4O5/c1-3-7-10(8(12)13,11(14,15)9(16)20-7)19-6-18-5-4-17-2/h7-8H,3-6H2,1-2H3/t7-,10-/m1/s1. The van der Waals surface area contributed by atoms with E-state index in [2.05, 4.69) is 14.2 Å². The molecule has 1 saturated heterocycles. The molecular weight excluding hydrogens is 288 g/mol. The lowest BCUT2D eigenvalue weighted by molar-refractivity contribution is -0.276. The fourth-order valence-corrected chi connectivity index (χ4v) is 1.90. The number of cyclic esters (lactones) is 1. The second kappa shape index (κ2) is 6.68. The minimum Gasteiger partial charge on any atom is -0.454 e. The molecule has 9 heteroatoms. The van der Waals surface area contributed by atoms with Gasteiger partial charge in [0.1, 0.15) is 12.9 Å². The number of hydrogen-bond acceptors (Lipinski definition) is 5. The maximum absolute atomic E-state index is 13.8. The van der Waals surface area contributed by atoms with Gasteiger partial charge < -0.3 is 18.9 Å². The van der Waals surface area contributed by atoms with E-state index in [-0.39, 0.29) is 19.6 Å². The molecule has 1 aliphatic heterocycles. The molecule has 0 saturated carbocycles.